The Kier molecular flexibility index (Phi) is 6.18. The van der Waals surface area contributed by atoms with Crippen molar-refractivity contribution in [3.63, 3.8) is 0 Å². The molecular formula is C17H27N3O2S. The Bertz CT molecular complexity index is 549. The standard InChI is InChI=1S/C17H27N3O2S/c1-12(2)18-16(21)11-19-6-5-7-20(9-8-19)17(22)15-10-13(3)14(4)23-15/h10,12H,5-9,11H2,1-4H3,(H,18,21). The van der Waals surface area contributed by atoms with Crippen molar-refractivity contribution in [3.05, 3.63) is 21.4 Å². The number of hydrogen-bond acceptors (Lipinski definition) is 4. The third-order valence-corrected chi connectivity index (χ3v) is 5.21. The third-order valence-electron chi connectivity index (χ3n) is 4.07. The number of nitrogens with one attached hydrogen (secondary N) is 1. The maximum Gasteiger partial charge on any atom is 0.263 e. The van der Waals surface area contributed by atoms with E-state index in [0.717, 1.165) is 30.9 Å². The lowest BCUT2D eigenvalue weighted by Gasteiger charge is -2.21. The van der Waals surface area contributed by atoms with Crippen LogP contribution in [0.2, 0.25) is 0 Å². The van der Waals surface area contributed by atoms with E-state index in [1.165, 1.54) is 10.4 Å². The first-order chi connectivity index (χ1) is 10.9. The van der Waals surface area contributed by atoms with Crippen molar-refractivity contribution in [2.75, 3.05) is 32.7 Å². The molecule has 5 nitrogen and oxygen atoms in total. The van der Waals surface area contributed by atoms with Gasteiger partial charge in [0, 0.05) is 37.1 Å². The molecule has 1 fully saturated rings. The molecule has 2 heterocycles. The van der Waals surface area contributed by atoms with E-state index in [0.29, 0.717) is 13.1 Å². The maximum absolute atomic E-state index is 12.6. The summed E-state index contributed by atoms with van der Waals surface area (Å²) in [6.07, 6.45) is 0.907. The molecule has 6 heteroatoms. The molecule has 0 atom stereocenters. The topological polar surface area (TPSA) is 52.7 Å². The SMILES string of the molecule is Cc1cc(C(=O)N2CCCN(CC(=O)NC(C)C)CC2)sc1C. The fourth-order valence-corrected chi connectivity index (χ4v) is 3.74. The molecule has 0 unspecified atom stereocenters. The van der Waals surface area contributed by atoms with Gasteiger partial charge in [-0.15, -0.1) is 11.3 Å². The molecule has 2 rings (SSSR count). The smallest absolute Gasteiger partial charge is 0.263 e. The molecule has 1 aromatic rings. The van der Waals surface area contributed by atoms with Crippen molar-refractivity contribution < 1.29 is 9.59 Å². The molecule has 0 saturated carbocycles. The Hall–Kier alpha value is -1.40. The molecule has 0 aromatic carbocycles. The predicted molar refractivity (Wildman–Crippen MR) is 94.0 cm³/mol. The summed E-state index contributed by atoms with van der Waals surface area (Å²) in [6.45, 7) is 11.5. The molecule has 2 amide bonds. The van der Waals surface area contributed by atoms with Gasteiger partial charge in [0.05, 0.1) is 11.4 Å². The Morgan fingerprint density at radius 3 is 2.57 bits per heavy atom. The zero-order chi connectivity index (χ0) is 17.0. The number of carbonyl (C=O) groups excluding carboxylic acids is 2. The Balaban J connectivity index is 1.90. The first-order valence-corrected chi connectivity index (χ1v) is 9.06. The number of rotatable bonds is 4. The highest BCUT2D eigenvalue weighted by atomic mass is 32.1. The normalized spacial score (nSPS) is 16.5. The van der Waals surface area contributed by atoms with E-state index in [-0.39, 0.29) is 17.9 Å². The van der Waals surface area contributed by atoms with E-state index in [1.54, 1.807) is 11.3 Å². The molecule has 0 aliphatic carbocycles. The summed E-state index contributed by atoms with van der Waals surface area (Å²) in [5.41, 5.74) is 1.18. The molecule has 1 saturated heterocycles. The van der Waals surface area contributed by atoms with Gasteiger partial charge in [0.2, 0.25) is 5.91 Å². The second-order valence-electron chi connectivity index (χ2n) is 6.49. The van der Waals surface area contributed by atoms with Crippen molar-refractivity contribution in [2.45, 2.75) is 40.2 Å². The van der Waals surface area contributed by atoms with E-state index >= 15 is 0 Å². The molecular weight excluding hydrogens is 310 g/mol. The lowest BCUT2D eigenvalue weighted by molar-refractivity contribution is -0.122. The van der Waals surface area contributed by atoms with E-state index in [1.807, 2.05) is 38.7 Å². The minimum absolute atomic E-state index is 0.0595. The average molecular weight is 337 g/mol. The van der Waals surface area contributed by atoms with Crippen LogP contribution in [0.4, 0.5) is 0 Å². The Labute approximate surface area is 142 Å². The van der Waals surface area contributed by atoms with Gasteiger partial charge in [-0.25, -0.2) is 0 Å². The van der Waals surface area contributed by atoms with Gasteiger partial charge in [0.25, 0.3) is 5.91 Å². The summed E-state index contributed by atoms with van der Waals surface area (Å²) < 4.78 is 0. The van der Waals surface area contributed by atoms with Gasteiger partial charge >= 0.3 is 0 Å². The minimum atomic E-state index is 0.0595. The highest BCUT2D eigenvalue weighted by molar-refractivity contribution is 7.14. The zero-order valence-electron chi connectivity index (χ0n) is 14.5. The third kappa shape index (κ3) is 5.04. The highest BCUT2D eigenvalue weighted by Gasteiger charge is 2.22. The molecule has 0 spiro atoms. The first-order valence-electron chi connectivity index (χ1n) is 8.25. The van der Waals surface area contributed by atoms with Crippen LogP contribution >= 0.6 is 11.3 Å². The number of hydrogen-bond donors (Lipinski definition) is 1. The number of amides is 2. The van der Waals surface area contributed by atoms with Crippen molar-refractivity contribution in [1.29, 1.82) is 0 Å². The quantitative estimate of drug-likeness (QED) is 0.915. The maximum atomic E-state index is 12.6. The summed E-state index contributed by atoms with van der Waals surface area (Å²) in [6, 6.07) is 2.15. The molecule has 1 N–H and O–H groups in total. The van der Waals surface area contributed by atoms with Crippen LogP contribution in [0.25, 0.3) is 0 Å². The number of thiophene rings is 1. The number of nitrogens with zero attached hydrogens (tertiary/aromatic N) is 2. The van der Waals surface area contributed by atoms with Crippen molar-refractivity contribution in [1.82, 2.24) is 15.1 Å². The lowest BCUT2D eigenvalue weighted by atomic mass is 10.2. The average Bonchev–Trinajstić information content (AvgIpc) is 2.67. The fraction of sp³-hybridized carbons (Fsp3) is 0.647. The van der Waals surface area contributed by atoms with Crippen molar-refractivity contribution in [2.24, 2.45) is 0 Å². The summed E-state index contributed by atoms with van der Waals surface area (Å²) >= 11 is 1.57. The van der Waals surface area contributed by atoms with Gasteiger partial charge in [-0.2, -0.15) is 0 Å². The molecule has 1 aromatic heterocycles. The van der Waals surface area contributed by atoms with E-state index in [4.69, 9.17) is 0 Å². The first kappa shape index (κ1) is 17.9. The second-order valence-corrected chi connectivity index (χ2v) is 7.75. The van der Waals surface area contributed by atoms with Crippen molar-refractivity contribution >= 4 is 23.2 Å². The molecule has 0 radical (unpaired) electrons. The predicted octanol–water partition coefficient (Wildman–Crippen LogP) is 2.04. The summed E-state index contributed by atoms with van der Waals surface area (Å²) in [4.78, 5) is 30.6. The van der Waals surface area contributed by atoms with Gasteiger partial charge in [-0.1, -0.05) is 0 Å². The van der Waals surface area contributed by atoms with E-state index < -0.39 is 0 Å². The lowest BCUT2D eigenvalue weighted by Crippen LogP contribution is -2.41. The van der Waals surface area contributed by atoms with Crippen LogP contribution in [0.15, 0.2) is 6.07 Å². The summed E-state index contributed by atoms with van der Waals surface area (Å²) in [7, 11) is 0. The van der Waals surface area contributed by atoms with Crippen LogP contribution in [-0.2, 0) is 4.79 Å². The highest BCUT2D eigenvalue weighted by Crippen LogP contribution is 2.22. The van der Waals surface area contributed by atoms with E-state index in [9.17, 15) is 9.59 Å². The molecule has 1 aliphatic rings. The number of carbonyl (C=O) groups is 2. The van der Waals surface area contributed by atoms with Crippen LogP contribution in [0.3, 0.4) is 0 Å². The molecule has 23 heavy (non-hydrogen) atoms. The van der Waals surface area contributed by atoms with Crippen LogP contribution in [0.1, 0.15) is 40.4 Å². The summed E-state index contributed by atoms with van der Waals surface area (Å²) in [5.74, 6) is 0.184. The van der Waals surface area contributed by atoms with Gasteiger partial charge in [0.15, 0.2) is 0 Å². The molecule has 128 valence electrons. The monoisotopic (exact) mass is 337 g/mol. The van der Waals surface area contributed by atoms with Gasteiger partial charge in [-0.3, -0.25) is 14.5 Å². The molecule has 1 aliphatic heterocycles. The van der Waals surface area contributed by atoms with Crippen molar-refractivity contribution in [3.8, 4) is 0 Å². The van der Waals surface area contributed by atoms with Crippen LogP contribution in [0.5, 0.6) is 0 Å². The van der Waals surface area contributed by atoms with Gasteiger partial charge < -0.3 is 10.2 Å². The van der Waals surface area contributed by atoms with Gasteiger partial charge in [-0.05, 0) is 45.7 Å². The molecule has 0 bridgehead atoms. The van der Waals surface area contributed by atoms with Crippen LogP contribution in [-0.4, -0.2) is 60.4 Å². The fourth-order valence-electron chi connectivity index (χ4n) is 2.74. The largest absolute Gasteiger partial charge is 0.353 e. The zero-order valence-corrected chi connectivity index (χ0v) is 15.3. The minimum Gasteiger partial charge on any atom is -0.353 e. The van der Waals surface area contributed by atoms with Crippen LogP contribution in [0, 0.1) is 13.8 Å². The van der Waals surface area contributed by atoms with Crippen LogP contribution < -0.4 is 5.32 Å². The van der Waals surface area contributed by atoms with Gasteiger partial charge in [0.1, 0.15) is 0 Å². The second kappa shape index (κ2) is 7.93. The van der Waals surface area contributed by atoms with E-state index in [2.05, 4.69) is 10.2 Å². The summed E-state index contributed by atoms with van der Waals surface area (Å²) in [5, 5.41) is 2.92. The Morgan fingerprint density at radius 1 is 1.22 bits per heavy atom. The number of aryl methyl sites for hydroxylation is 2. The Morgan fingerprint density at radius 2 is 1.96 bits per heavy atom.